The number of aliphatic hydroxyl groups excluding tert-OH is 2. The van der Waals surface area contributed by atoms with Crippen LogP contribution in [0.15, 0.2) is 24.3 Å². The van der Waals surface area contributed by atoms with Crippen molar-refractivity contribution in [2.45, 2.75) is 83.1 Å². The van der Waals surface area contributed by atoms with Gasteiger partial charge in [-0.25, -0.2) is 0 Å². The van der Waals surface area contributed by atoms with Gasteiger partial charge in [0.05, 0.1) is 25.9 Å². The number of hydrogen-bond acceptors (Lipinski definition) is 6. The van der Waals surface area contributed by atoms with E-state index in [0.29, 0.717) is 6.61 Å². The van der Waals surface area contributed by atoms with E-state index in [2.05, 4.69) is 33.9 Å². The van der Waals surface area contributed by atoms with E-state index in [1.807, 2.05) is 31.2 Å². The number of hydrogen-bond donors (Lipinski definition) is 2. The van der Waals surface area contributed by atoms with Crippen LogP contribution in [0.4, 0.5) is 0 Å². The summed E-state index contributed by atoms with van der Waals surface area (Å²) < 4.78 is 23.2. The summed E-state index contributed by atoms with van der Waals surface area (Å²) in [5.41, 5.74) is 0.947. The number of benzene rings is 1. The third-order valence-electron chi connectivity index (χ3n) is 5.61. The van der Waals surface area contributed by atoms with Crippen LogP contribution in [0.3, 0.4) is 0 Å². The summed E-state index contributed by atoms with van der Waals surface area (Å²) >= 11 is 0. The van der Waals surface area contributed by atoms with E-state index >= 15 is 0 Å². The van der Waals surface area contributed by atoms with Crippen LogP contribution < -0.4 is 4.74 Å². The highest BCUT2D eigenvalue weighted by atomic mass is 28.4. The maximum Gasteiger partial charge on any atom is 0.192 e. The molecule has 0 aliphatic carbocycles. The Morgan fingerprint density at radius 3 is 2.19 bits per heavy atom. The van der Waals surface area contributed by atoms with Crippen molar-refractivity contribution in [1.82, 2.24) is 0 Å². The van der Waals surface area contributed by atoms with E-state index in [4.69, 9.17) is 18.6 Å². The molecule has 0 spiro atoms. The molecule has 5 atom stereocenters. The van der Waals surface area contributed by atoms with Crippen LogP contribution in [0, 0.1) is 0 Å². The van der Waals surface area contributed by atoms with Gasteiger partial charge in [-0.05, 0) is 42.8 Å². The fraction of sp³-hybridized carbons (Fsp3) is 0.700. The lowest BCUT2D eigenvalue weighted by Crippen LogP contribution is -2.61. The topological polar surface area (TPSA) is 77.4 Å². The Morgan fingerprint density at radius 1 is 1.07 bits per heavy atom. The third-order valence-corrected chi connectivity index (χ3v) is 10.1. The summed E-state index contributed by atoms with van der Waals surface area (Å²) in [7, 11) is -0.497. The average molecular weight is 399 g/mol. The molecule has 7 heteroatoms. The van der Waals surface area contributed by atoms with Crippen molar-refractivity contribution in [2.24, 2.45) is 0 Å². The molecule has 1 heterocycles. The Morgan fingerprint density at radius 2 is 1.67 bits per heavy atom. The quantitative estimate of drug-likeness (QED) is 0.717. The molecule has 2 rings (SSSR count). The molecule has 2 N–H and O–H groups in total. The molecule has 1 fully saturated rings. The largest absolute Gasteiger partial charge is 0.497 e. The first-order valence-corrected chi connectivity index (χ1v) is 12.3. The van der Waals surface area contributed by atoms with Gasteiger partial charge < -0.3 is 28.8 Å². The number of methoxy groups -OCH3 is 1. The molecule has 154 valence electrons. The summed E-state index contributed by atoms with van der Waals surface area (Å²) in [5, 5.41) is 20.6. The van der Waals surface area contributed by atoms with Crippen molar-refractivity contribution in [3.8, 4) is 5.75 Å². The number of aliphatic hydroxyl groups is 2. The van der Waals surface area contributed by atoms with Crippen LogP contribution in [0.25, 0.3) is 0 Å². The summed E-state index contributed by atoms with van der Waals surface area (Å²) in [6.07, 6.45) is -3.99. The Bertz CT molecular complexity index is 597. The molecule has 0 unspecified atom stereocenters. The van der Waals surface area contributed by atoms with E-state index in [1.54, 1.807) is 7.11 Å². The first kappa shape index (κ1) is 22.3. The van der Waals surface area contributed by atoms with Gasteiger partial charge in [0.15, 0.2) is 14.6 Å². The Labute approximate surface area is 163 Å². The van der Waals surface area contributed by atoms with Crippen molar-refractivity contribution < 1.29 is 28.8 Å². The average Bonchev–Trinajstić information content (AvgIpc) is 2.58. The summed E-state index contributed by atoms with van der Waals surface area (Å²) in [4.78, 5) is 0. The van der Waals surface area contributed by atoms with Gasteiger partial charge in [0.2, 0.25) is 0 Å². The molecule has 1 aliphatic rings. The minimum Gasteiger partial charge on any atom is -0.497 e. The molecule has 0 radical (unpaired) electrons. The SMILES string of the molecule is COc1ccc(CO[C@H]2[C@@H](O)[C@H](O)O[C@@H](C)[C@@H]2O[Si](C)(C)C(C)(C)C)cc1. The molecule has 1 aromatic rings. The van der Waals surface area contributed by atoms with Crippen molar-refractivity contribution in [1.29, 1.82) is 0 Å². The molecular weight excluding hydrogens is 364 g/mol. The second-order valence-corrected chi connectivity index (χ2v) is 13.4. The molecule has 6 nitrogen and oxygen atoms in total. The molecule has 1 saturated heterocycles. The van der Waals surface area contributed by atoms with E-state index in [9.17, 15) is 10.2 Å². The standard InChI is InChI=1S/C20H34O6Si/c1-13-17(26-27(6,7)20(2,3)4)18(16(21)19(22)25-13)24-12-14-8-10-15(23-5)11-9-14/h8-11,13,16-19,21-22H,12H2,1-7H3/t13-,16+,17-,18-,19+/m0/s1. The zero-order valence-electron chi connectivity index (χ0n) is 17.4. The van der Waals surface area contributed by atoms with Crippen molar-refractivity contribution in [2.75, 3.05) is 7.11 Å². The number of ether oxygens (including phenoxy) is 3. The summed E-state index contributed by atoms with van der Waals surface area (Å²) in [6.45, 7) is 12.9. The van der Waals surface area contributed by atoms with Gasteiger partial charge in [-0.1, -0.05) is 32.9 Å². The van der Waals surface area contributed by atoms with Crippen molar-refractivity contribution in [3.05, 3.63) is 29.8 Å². The molecule has 1 aromatic carbocycles. The van der Waals surface area contributed by atoms with Crippen molar-refractivity contribution >= 4 is 8.32 Å². The summed E-state index contributed by atoms with van der Waals surface area (Å²) in [6, 6.07) is 7.54. The lowest BCUT2D eigenvalue weighted by Gasteiger charge is -2.47. The molecule has 0 bridgehead atoms. The smallest absolute Gasteiger partial charge is 0.192 e. The fourth-order valence-corrected chi connectivity index (χ4v) is 4.15. The summed E-state index contributed by atoms with van der Waals surface area (Å²) in [5.74, 6) is 0.771. The van der Waals surface area contributed by atoms with Crippen molar-refractivity contribution in [3.63, 3.8) is 0 Å². The zero-order chi connectivity index (χ0) is 20.4. The predicted octanol–water partition coefficient (Wildman–Crippen LogP) is 3.07. The van der Waals surface area contributed by atoms with Gasteiger partial charge in [0.1, 0.15) is 18.0 Å². The van der Waals surface area contributed by atoms with Gasteiger partial charge in [-0.15, -0.1) is 0 Å². The minimum absolute atomic E-state index is 0.00820. The maximum atomic E-state index is 10.5. The van der Waals surface area contributed by atoms with Gasteiger partial charge in [0.25, 0.3) is 0 Å². The van der Waals surface area contributed by atoms with Crippen LogP contribution >= 0.6 is 0 Å². The molecule has 0 amide bonds. The first-order valence-electron chi connectivity index (χ1n) is 9.40. The van der Waals surface area contributed by atoms with Crippen LogP contribution in [0.5, 0.6) is 5.75 Å². The van der Waals surface area contributed by atoms with Crippen LogP contribution in [0.2, 0.25) is 18.1 Å². The Hall–Kier alpha value is -0.963. The van der Waals surface area contributed by atoms with E-state index in [0.717, 1.165) is 11.3 Å². The molecular formula is C20H34O6Si. The highest BCUT2D eigenvalue weighted by molar-refractivity contribution is 6.74. The van der Waals surface area contributed by atoms with E-state index in [1.165, 1.54) is 0 Å². The van der Waals surface area contributed by atoms with Crippen LogP contribution in [-0.4, -0.2) is 56.3 Å². The van der Waals surface area contributed by atoms with E-state index < -0.39 is 39.0 Å². The van der Waals surface area contributed by atoms with Crippen LogP contribution in [-0.2, 0) is 20.5 Å². The van der Waals surface area contributed by atoms with Gasteiger partial charge in [-0.3, -0.25) is 0 Å². The lowest BCUT2D eigenvalue weighted by atomic mass is 9.99. The maximum absolute atomic E-state index is 10.5. The van der Waals surface area contributed by atoms with Gasteiger partial charge in [0, 0.05) is 0 Å². The molecule has 0 aromatic heterocycles. The van der Waals surface area contributed by atoms with Gasteiger partial charge >= 0.3 is 0 Å². The van der Waals surface area contributed by atoms with Crippen LogP contribution in [0.1, 0.15) is 33.3 Å². The Kier molecular flexibility index (Phi) is 7.10. The van der Waals surface area contributed by atoms with E-state index in [-0.39, 0.29) is 5.04 Å². The molecule has 0 saturated carbocycles. The monoisotopic (exact) mass is 398 g/mol. The lowest BCUT2D eigenvalue weighted by molar-refractivity contribution is -0.285. The second kappa shape index (κ2) is 8.59. The predicted molar refractivity (Wildman–Crippen MR) is 106 cm³/mol. The number of rotatable bonds is 6. The normalized spacial score (nSPS) is 29.6. The third kappa shape index (κ3) is 5.31. The molecule has 1 aliphatic heterocycles. The zero-order valence-corrected chi connectivity index (χ0v) is 18.4. The van der Waals surface area contributed by atoms with Gasteiger partial charge in [-0.2, -0.15) is 0 Å². The minimum atomic E-state index is -2.12. The first-order chi connectivity index (χ1) is 12.5. The highest BCUT2D eigenvalue weighted by Crippen LogP contribution is 2.39. The fourth-order valence-electron chi connectivity index (χ4n) is 2.79. The Balaban J connectivity index is 2.16. The second-order valence-electron chi connectivity index (χ2n) is 8.69. The molecule has 27 heavy (non-hydrogen) atoms. The highest BCUT2D eigenvalue weighted by Gasteiger charge is 2.49.